The summed E-state index contributed by atoms with van der Waals surface area (Å²) >= 11 is 0. The van der Waals surface area contributed by atoms with E-state index in [0.717, 1.165) is 17.8 Å². The van der Waals surface area contributed by atoms with Crippen LogP contribution in [-0.4, -0.2) is 15.0 Å². The minimum atomic E-state index is 0.723. The van der Waals surface area contributed by atoms with Crippen LogP contribution in [0.1, 0.15) is 12.0 Å². The molecule has 0 radical (unpaired) electrons. The maximum absolute atomic E-state index is 5.02. The maximum atomic E-state index is 5.02. The number of nitrogens with zero attached hydrogens (tertiary/aromatic N) is 3. The molecule has 0 bridgehead atoms. The Morgan fingerprint density at radius 1 is 0.392 bits per heavy atom. The van der Waals surface area contributed by atoms with E-state index in [4.69, 9.17) is 4.99 Å². The monoisotopic (exact) mass is 651 g/mol. The van der Waals surface area contributed by atoms with Crippen LogP contribution >= 0.6 is 0 Å². The molecule has 0 saturated carbocycles. The maximum Gasteiger partial charge on any atom is 0.117 e. The molecule has 2 aromatic heterocycles. The van der Waals surface area contributed by atoms with Gasteiger partial charge in [-0.05, 0) is 88.0 Å². The van der Waals surface area contributed by atoms with E-state index < -0.39 is 0 Å². The number of fused-ring (bicyclic) bond motifs is 6. The largest absolute Gasteiger partial charge is 0.309 e. The molecule has 0 spiro atoms. The molecule has 3 heteroatoms. The summed E-state index contributed by atoms with van der Waals surface area (Å²) in [6, 6.07) is 61.2. The van der Waals surface area contributed by atoms with Crippen LogP contribution < -0.4 is 0 Å². The van der Waals surface area contributed by atoms with Crippen LogP contribution in [0.15, 0.2) is 193 Å². The average molecular weight is 652 g/mol. The summed E-state index contributed by atoms with van der Waals surface area (Å²) < 4.78 is 4.71. The first-order chi connectivity index (χ1) is 25.3. The van der Waals surface area contributed by atoms with E-state index in [1.165, 1.54) is 77.2 Å². The lowest BCUT2D eigenvalue weighted by atomic mass is 10.00. The zero-order valence-corrected chi connectivity index (χ0v) is 27.9. The molecule has 3 heterocycles. The number of hydrogen-bond donors (Lipinski definition) is 0. The van der Waals surface area contributed by atoms with Crippen LogP contribution in [0, 0.1) is 0 Å². The first kappa shape index (κ1) is 29.2. The molecule has 10 rings (SSSR count). The van der Waals surface area contributed by atoms with Gasteiger partial charge in [-0.15, -0.1) is 0 Å². The summed E-state index contributed by atoms with van der Waals surface area (Å²) in [5.41, 5.74) is 13.2. The van der Waals surface area contributed by atoms with Gasteiger partial charge in [0, 0.05) is 39.9 Å². The smallest absolute Gasteiger partial charge is 0.117 e. The lowest BCUT2D eigenvalue weighted by Crippen LogP contribution is -2.10. The molecular weight excluding hydrogens is 619 g/mol. The van der Waals surface area contributed by atoms with Gasteiger partial charge in [-0.2, -0.15) is 0 Å². The van der Waals surface area contributed by atoms with Gasteiger partial charge in [0.2, 0.25) is 0 Å². The second kappa shape index (κ2) is 12.0. The second-order valence-corrected chi connectivity index (χ2v) is 13.2. The van der Waals surface area contributed by atoms with Crippen LogP contribution in [0.5, 0.6) is 0 Å². The van der Waals surface area contributed by atoms with E-state index in [1.807, 2.05) is 6.20 Å². The predicted octanol–water partition coefficient (Wildman–Crippen LogP) is 12.5. The molecule has 9 aromatic rings. The predicted molar refractivity (Wildman–Crippen MR) is 216 cm³/mol. The van der Waals surface area contributed by atoms with Crippen molar-refractivity contribution < 1.29 is 0 Å². The van der Waals surface area contributed by atoms with E-state index in [1.54, 1.807) is 0 Å². The quantitative estimate of drug-likeness (QED) is 0.181. The normalized spacial score (nSPS) is 13.2. The highest BCUT2D eigenvalue weighted by Crippen LogP contribution is 2.38. The van der Waals surface area contributed by atoms with Crippen molar-refractivity contribution in [1.29, 1.82) is 0 Å². The fraction of sp³-hybridized carbons (Fsp3) is 0.0208. The Kier molecular flexibility index (Phi) is 6.88. The van der Waals surface area contributed by atoms with Crippen molar-refractivity contribution in [2.75, 3.05) is 0 Å². The van der Waals surface area contributed by atoms with Crippen molar-refractivity contribution in [2.45, 2.75) is 6.42 Å². The SMILES string of the molecule is C1=CC(c2ccc(-c3ccccc3)cc2)=CCC(n2c3ccccc3c3cc(-c4ccc5c(c4)c4ccccc4n5-c4ccccc4)ccc32)=N1. The van der Waals surface area contributed by atoms with Gasteiger partial charge in [0.05, 0.1) is 22.1 Å². The molecule has 0 aliphatic carbocycles. The Labute approximate surface area is 296 Å². The molecule has 51 heavy (non-hydrogen) atoms. The van der Waals surface area contributed by atoms with Gasteiger partial charge < -0.3 is 4.57 Å². The van der Waals surface area contributed by atoms with Crippen molar-refractivity contribution in [3.05, 3.63) is 194 Å². The van der Waals surface area contributed by atoms with Crippen LogP contribution in [0.25, 0.3) is 77.1 Å². The molecule has 240 valence electrons. The zero-order chi connectivity index (χ0) is 33.7. The number of hydrogen-bond acceptors (Lipinski definition) is 1. The summed E-state index contributed by atoms with van der Waals surface area (Å²) in [4.78, 5) is 5.02. The number of para-hydroxylation sites is 3. The fourth-order valence-electron chi connectivity index (χ4n) is 7.81. The summed E-state index contributed by atoms with van der Waals surface area (Å²) in [5.74, 6) is 1.01. The molecule has 7 aromatic carbocycles. The van der Waals surface area contributed by atoms with Crippen molar-refractivity contribution in [1.82, 2.24) is 9.13 Å². The second-order valence-electron chi connectivity index (χ2n) is 13.2. The number of benzene rings is 7. The van der Waals surface area contributed by atoms with Gasteiger partial charge >= 0.3 is 0 Å². The highest BCUT2D eigenvalue weighted by atomic mass is 15.1. The third kappa shape index (κ3) is 4.94. The Morgan fingerprint density at radius 3 is 1.55 bits per heavy atom. The number of aromatic nitrogens is 2. The van der Waals surface area contributed by atoms with E-state index in [0.29, 0.717) is 0 Å². The minimum absolute atomic E-state index is 0.723. The standard InChI is InChI=1S/C48H33N3/c1-3-11-33(12-4-1)34-19-21-35(22-20-34)36-25-28-48(49-30-29-36)51-45-18-10-8-16-41(45)43-32-38(24-27-47(43)51)37-23-26-46-42(31-37)40-15-7-9-17-44(40)50(46)39-13-5-2-6-14-39/h1-27,29-32H,28H2. The molecular formula is C48H33N3. The van der Waals surface area contributed by atoms with Crippen LogP contribution in [0.3, 0.4) is 0 Å². The summed E-state index contributed by atoms with van der Waals surface area (Å²) in [6.07, 6.45) is 7.10. The van der Waals surface area contributed by atoms with Gasteiger partial charge in [0.15, 0.2) is 0 Å². The topological polar surface area (TPSA) is 22.2 Å². The third-order valence-corrected chi connectivity index (χ3v) is 10.3. The van der Waals surface area contributed by atoms with Crippen LogP contribution in [0.4, 0.5) is 0 Å². The number of rotatable bonds is 4. The van der Waals surface area contributed by atoms with E-state index in [2.05, 4.69) is 191 Å². The highest BCUT2D eigenvalue weighted by molar-refractivity contribution is 6.16. The number of aliphatic imine (C=N–C) groups is 1. The van der Waals surface area contributed by atoms with Gasteiger partial charge in [0.25, 0.3) is 0 Å². The fourth-order valence-corrected chi connectivity index (χ4v) is 7.81. The Balaban J connectivity index is 1.03. The van der Waals surface area contributed by atoms with Crippen LogP contribution in [-0.2, 0) is 0 Å². The molecule has 3 nitrogen and oxygen atoms in total. The van der Waals surface area contributed by atoms with E-state index in [9.17, 15) is 0 Å². The zero-order valence-electron chi connectivity index (χ0n) is 27.9. The van der Waals surface area contributed by atoms with Gasteiger partial charge in [-0.1, -0.05) is 127 Å². The number of allylic oxidation sites excluding steroid dienone is 3. The lowest BCUT2D eigenvalue weighted by Gasteiger charge is -2.10. The van der Waals surface area contributed by atoms with Crippen molar-refractivity contribution in [2.24, 2.45) is 4.99 Å². The van der Waals surface area contributed by atoms with Gasteiger partial charge in [-0.25, -0.2) is 4.99 Å². The molecule has 0 unspecified atom stereocenters. The summed E-state index contributed by atoms with van der Waals surface area (Å²) in [7, 11) is 0. The van der Waals surface area contributed by atoms with Crippen molar-refractivity contribution in [3.63, 3.8) is 0 Å². The van der Waals surface area contributed by atoms with Crippen molar-refractivity contribution >= 4 is 55.0 Å². The van der Waals surface area contributed by atoms with Crippen molar-refractivity contribution in [3.8, 4) is 27.9 Å². The van der Waals surface area contributed by atoms with Gasteiger partial charge in [0.1, 0.15) is 5.84 Å². The molecule has 0 N–H and O–H groups in total. The Morgan fingerprint density at radius 2 is 0.882 bits per heavy atom. The molecule has 0 fully saturated rings. The molecule has 0 saturated heterocycles. The summed E-state index contributed by atoms with van der Waals surface area (Å²) in [6.45, 7) is 0. The molecule has 0 atom stereocenters. The average Bonchev–Trinajstić information content (AvgIpc) is 3.59. The minimum Gasteiger partial charge on any atom is -0.309 e. The van der Waals surface area contributed by atoms with E-state index >= 15 is 0 Å². The first-order valence-electron chi connectivity index (χ1n) is 17.5. The lowest BCUT2D eigenvalue weighted by molar-refractivity contribution is 1.18. The van der Waals surface area contributed by atoms with Crippen LogP contribution in [0.2, 0.25) is 0 Å². The molecule has 1 aliphatic rings. The third-order valence-electron chi connectivity index (χ3n) is 10.3. The summed E-state index contributed by atoms with van der Waals surface area (Å²) in [5, 5.41) is 4.97. The highest BCUT2D eigenvalue weighted by Gasteiger charge is 2.17. The Bertz CT molecular complexity index is 2850. The first-order valence-corrected chi connectivity index (χ1v) is 17.5. The molecule has 1 aliphatic heterocycles. The molecule has 0 amide bonds. The van der Waals surface area contributed by atoms with Gasteiger partial charge in [-0.3, -0.25) is 4.57 Å². The van der Waals surface area contributed by atoms with E-state index in [-0.39, 0.29) is 0 Å². The Hall–Kier alpha value is -6.71.